The van der Waals surface area contributed by atoms with Gasteiger partial charge in [0.25, 0.3) is 0 Å². The van der Waals surface area contributed by atoms with Gasteiger partial charge in [0, 0.05) is 6.92 Å². The molecule has 0 fully saturated rings. The van der Waals surface area contributed by atoms with E-state index in [1.54, 1.807) is 41.5 Å². The summed E-state index contributed by atoms with van der Waals surface area (Å²) in [6.45, 7) is 8.80. The second-order valence-corrected chi connectivity index (χ2v) is 16.2. The van der Waals surface area contributed by atoms with Crippen molar-refractivity contribution in [1.29, 1.82) is 5.26 Å². The average molecular weight is 659 g/mol. The van der Waals surface area contributed by atoms with Crippen LogP contribution in [-0.4, -0.2) is 52.5 Å². The fourth-order valence-electron chi connectivity index (χ4n) is 5.35. The van der Waals surface area contributed by atoms with E-state index in [9.17, 15) is 19.6 Å². The summed E-state index contributed by atoms with van der Waals surface area (Å²) in [5.41, 5.74) is -4.94. The van der Waals surface area contributed by atoms with E-state index < -0.39 is 53.4 Å². The fraction of sp³-hybridized carbons (Fsp3) is 0.351. The smallest absolute Gasteiger partial charge is 0.348 e. The Kier molecular flexibility index (Phi) is 11.6. The molecule has 3 rings (SSSR count). The van der Waals surface area contributed by atoms with Gasteiger partial charge in [0.1, 0.15) is 23.2 Å². The van der Waals surface area contributed by atoms with E-state index in [1.165, 1.54) is 6.92 Å². The zero-order chi connectivity index (χ0) is 35.0. The first kappa shape index (κ1) is 36.8. The summed E-state index contributed by atoms with van der Waals surface area (Å²) in [6, 6.07) is 29.2. The highest BCUT2D eigenvalue weighted by Gasteiger charge is 2.59. The number of esters is 3. The van der Waals surface area contributed by atoms with Crippen LogP contribution in [-0.2, 0) is 33.4 Å². The normalized spacial score (nSPS) is 13.6. The number of carbonyl (C=O) groups excluding carboxylic acids is 4. The molecule has 0 aromatic heterocycles. The Balaban J connectivity index is 2.88. The Labute approximate surface area is 277 Å². The van der Waals surface area contributed by atoms with Gasteiger partial charge in [-0.05, 0) is 71.3 Å². The molecule has 3 aromatic rings. The second kappa shape index (κ2) is 14.8. The van der Waals surface area contributed by atoms with Gasteiger partial charge in [0.2, 0.25) is 11.4 Å². The summed E-state index contributed by atoms with van der Waals surface area (Å²) in [5.74, 6) is -6.08. The van der Waals surface area contributed by atoms with Crippen molar-refractivity contribution in [1.82, 2.24) is 5.32 Å². The Morgan fingerprint density at radius 3 is 1.47 bits per heavy atom. The number of rotatable bonds is 10. The standard InChI is InChI=1S/C37H43N2O7P/c1-9-44-34(43)37(25-38,39-26(2)40)30(32(41)45-35(3,4)5)31(33(42)46-36(6,7)8)47(27-19-13-10-14-20-27,28-21-15-11-16-22-28)29-23-17-12-18-24-29/h10-24,30H,9H2,1-8H3,(H,39,40). The lowest BCUT2D eigenvalue weighted by molar-refractivity contribution is -0.166. The van der Waals surface area contributed by atoms with E-state index in [0.717, 1.165) is 6.92 Å². The van der Waals surface area contributed by atoms with Crippen LogP contribution in [0.25, 0.3) is 0 Å². The zero-order valence-electron chi connectivity index (χ0n) is 28.2. The van der Waals surface area contributed by atoms with E-state index >= 15 is 4.79 Å². The maximum atomic E-state index is 15.1. The molecule has 0 saturated carbocycles. The molecule has 0 radical (unpaired) electrons. The Bertz CT molecular complexity index is 1580. The number of nitrogens with one attached hydrogen (secondary N) is 1. The quantitative estimate of drug-likeness (QED) is 0.193. The molecule has 9 nitrogen and oxygen atoms in total. The van der Waals surface area contributed by atoms with Gasteiger partial charge in [-0.2, -0.15) is 5.26 Å². The lowest BCUT2D eigenvalue weighted by atomic mass is 9.81. The molecule has 3 aromatic carbocycles. The minimum atomic E-state index is -3.56. The number of nitriles is 1. The first-order valence-electron chi connectivity index (χ1n) is 15.3. The van der Waals surface area contributed by atoms with Gasteiger partial charge in [-0.3, -0.25) is 9.59 Å². The van der Waals surface area contributed by atoms with Crippen LogP contribution in [0.4, 0.5) is 0 Å². The third kappa shape index (κ3) is 8.19. The molecule has 1 amide bonds. The van der Waals surface area contributed by atoms with E-state index in [4.69, 9.17) is 14.2 Å². The molecule has 0 bridgehead atoms. The van der Waals surface area contributed by atoms with Crippen molar-refractivity contribution in [2.75, 3.05) is 6.61 Å². The first-order chi connectivity index (χ1) is 22.0. The van der Waals surface area contributed by atoms with Crippen LogP contribution in [0.5, 0.6) is 0 Å². The predicted molar refractivity (Wildman–Crippen MR) is 184 cm³/mol. The molecular formula is C37H43N2O7P. The van der Waals surface area contributed by atoms with Crippen molar-refractivity contribution in [3.8, 4) is 6.07 Å². The topological polar surface area (TPSA) is 132 Å². The minimum Gasteiger partial charge on any atom is -0.463 e. The molecule has 2 unspecified atom stereocenters. The van der Waals surface area contributed by atoms with Gasteiger partial charge < -0.3 is 19.5 Å². The van der Waals surface area contributed by atoms with Crippen LogP contribution in [0, 0.1) is 17.2 Å². The number of nitrogens with zero attached hydrogens (tertiary/aromatic N) is 1. The summed E-state index contributed by atoms with van der Waals surface area (Å²) < 4.78 is 17.4. The number of amides is 1. The molecule has 10 heteroatoms. The van der Waals surface area contributed by atoms with Crippen molar-refractivity contribution in [2.45, 2.75) is 72.1 Å². The van der Waals surface area contributed by atoms with Crippen molar-refractivity contribution in [3.63, 3.8) is 0 Å². The maximum absolute atomic E-state index is 15.1. The van der Waals surface area contributed by atoms with E-state index in [2.05, 4.69) is 5.32 Å². The van der Waals surface area contributed by atoms with Gasteiger partial charge in [-0.15, -0.1) is 0 Å². The highest BCUT2D eigenvalue weighted by atomic mass is 31.2. The molecule has 2 atom stereocenters. The van der Waals surface area contributed by atoms with Crippen LogP contribution in [0.15, 0.2) is 91.0 Å². The number of hydrogen-bond acceptors (Lipinski definition) is 8. The zero-order valence-corrected chi connectivity index (χ0v) is 29.1. The average Bonchev–Trinajstić information content (AvgIpc) is 3.00. The third-order valence-corrected chi connectivity index (χ3v) is 11.3. The van der Waals surface area contributed by atoms with E-state index in [1.807, 2.05) is 97.1 Å². The summed E-state index contributed by atoms with van der Waals surface area (Å²) >= 11 is 0. The molecule has 0 saturated heterocycles. The molecular weight excluding hydrogens is 615 g/mol. The van der Waals surface area contributed by atoms with E-state index in [0.29, 0.717) is 15.9 Å². The van der Waals surface area contributed by atoms with Crippen LogP contribution in [0.3, 0.4) is 0 Å². The summed E-state index contributed by atoms with van der Waals surface area (Å²) in [5, 5.41) is 15.1. The predicted octanol–water partition coefficient (Wildman–Crippen LogP) is 4.41. The van der Waals surface area contributed by atoms with Gasteiger partial charge >= 0.3 is 17.9 Å². The van der Waals surface area contributed by atoms with Crippen molar-refractivity contribution < 1.29 is 33.4 Å². The minimum absolute atomic E-state index is 0.180. The molecule has 0 aliphatic heterocycles. The molecule has 47 heavy (non-hydrogen) atoms. The van der Waals surface area contributed by atoms with Crippen molar-refractivity contribution >= 4 is 51.9 Å². The number of carbonyl (C=O) groups is 4. The fourth-order valence-corrected chi connectivity index (χ4v) is 9.95. The van der Waals surface area contributed by atoms with Crippen molar-refractivity contribution in [3.05, 3.63) is 91.0 Å². The van der Waals surface area contributed by atoms with Crippen LogP contribution in [0.1, 0.15) is 55.4 Å². The lowest BCUT2D eigenvalue weighted by Gasteiger charge is -2.40. The third-order valence-electron chi connectivity index (χ3n) is 6.90. The number of ether oxygens (including phenoxy) is 3. The molecule has 0 aliphatic rings. The lowest BCUT2D eigenvalue weighted by Crippen LogP contribution is -2.65. The van der Waals surface area contributed by atoms with Gasteiger partial charge in [-0.1, -0.05) is 91.0 Å². The SMILES string of the molecule is CCOC(=O)C(C#N)(NC(C)=O)C(C(=O)OC(C)(C)C)C(C(=O)OC(C)(C)C)=P(c1ccccc1)(c1ccccc1)c1ccccc1. The number of hydrogen-bond donors (Lipinski definition) is 1. The summed E-state index contributed by atoms with van der Waals surface area (Å²) in [7, 11) is 0. The molecule has 248 valence electrons. The van der Waals surface area contributed by atoms with Gasteiger partial charge in [0.05, 0.1) is 11.9 Å². The summed E-state index contributed by atoms with van der Waals surface area (Å²) in [6.07, 6.45) is 0. The molecule has 1 N–H and O–H groups in total. The Hall–Kier alpha value is -4.67. The van der Waals surface area contributed by atoms with Crippen molar-refractivity contribution in [2.24, 2.45) is 5.92 Å². The maximum Gasteiger partial charge on any atom is 0.348 e. The highest BCUT2D eigenvalue weighted by Crippen LogP contribution is 2.50. The monoisotopic (exact) mass is 658 g/mol. The molecule has 0 heterocycles. The van der Waals surface area contributed by atoms with Crippen LogP contribution < -0.4 is 21.2 Å². The number of benzene rings is 3. The second-order valence-electron chi connectivity index (χ2n) is 12.9. The highest BCUT2D eigenvalue weighted by molar-refractivity contribution is 7.96. The van der Waals surface area contributed by atoms with E-state index in [-0.39, 0.29) is 11.9 Å². The molecule has 0 spiro atoms. The van der Waals surface area contributed by atoms with Gasteiger partial charge in [0.15, 0.2) is 0 Å². The summed E-state index contributed by atoms with van der Waals surface area (Å²) in [4.78, 5) is 56.8. The van der Waals surface area contributed by atoms with Crippen LogP contribution >= 0.6 is 6.89 Å². The molecule has 0 aliphatic carbocycles. The van der Waals surface area contributed by atoms with Gasteiger partial charge in [-0.25, -0.2) is 9.59 Å². The largest absolute Gasteiger partial charge is 0.463 e. The first-order valence-corrected chi connectivity index (χ1v) is 17.1. The Morgan fingerprint density at radius 2 is 1.15 bits per heavy atom. The Morgan fingerprint density at radius 1 is 0.745 bits per heavy atom. The van der Waals surface area contributed by atoms with Crippen LogP contribution in [0.2, 0.25) is 0 Å².